The van der Waals surface area contributed by atoms with Crippen molar-refractivity contribution >= 4 is 34.8 Å². The molecule has 122 valence electrons. The van der Waals surface area contributed by atoms with E-state index in [0.717, 1.165) is 24.3 Å². The molecule has 3 nitrogen and oxygen atoms in total. The van der Waals surface area contributed by atoms with Crippen LogP contribution in [0.15, 0.2) is 42.5 Å². The summed E-state index contributed by atoms with van der Waals surface area (Å²) in [5.74, 6) is -0.255. The van der Waals surface area contributed by atoms with Gasteiger partial charge in [-0.3, -0.25) is 4.79 Å². The number of anilines is 1. The average molecular weight is 364 g/mol. The Bertz CT molecular complexity index is 703. The Morgan fingerprint density at radius 2 is 1.74 bits per heavy atom. The first kappa shape index (κ1) is 17.4. The molecule has 0 aliphatic carbocycles. The van der Waals surface area contributed by atoms with Crippen molar-refractivity contribution in [2.24, 2.45) is 0 Å². The zero-order valence-electron chi connectivity index (χ0n) is 11.5. The highest BCUT2D eigenvalue weighted by Crippen LogP contribution is 2.30. The summed E-state index contributed by atoms with van der Waals surface area (Å²) in [5, 5.41) is 3.10. The second kappa shape index (κ2) is 7.10. The van der Waals surface area contributed by atoms with Crippen molar-refractivity contribution in [1.82, 2.24) is 0 Å². The van der Waals surface area contributed by atoms with Crippen LogP contribution >= 0.6 is 23.2 Å². The summed E-state index contributed by atoms with van der Waals surface area (Å²) in [6, 6.07) is 8.61. The molecule has 0 saturated heterocycles. The predicted molar refractivity (Wildman–Crippen MR) is 82.0 cm³/mol. The van der Waals surface area contributed by atoms with Gasteiger partial charge in [0.15, 0.2) is 6.61 Å². The van der Waals surface area contributed by atoms with E-state index >= 15 is 0 Å². The molecule has 1 N–H and O–H groups in total. The van der Waals surface area contributed by atoms with Gasteiger partial charge in [0.25, 0.3) is 5.91 Å². The number of ether oxygens (including phenoxy) is 1. The molecule has 0 bridgehead atoms. The monoisotopic (exact) mass is 363 g/mol. The fourth-order valence-corrected chi connectivity index (χ4v) is 2.14. The first-order valence-corrected chi connectivity index (χ1v) is 7.06. The fraction of sp³-hybridized carbons (Fsp3) is 0.133. The van der Waals surface area contributed by atoms with Gasteiger partial charge in [0.1, 0.15) is 5.75 Å². The van der Waals surface area contributed by atoms with Gasteiger partial charge in [0.05, 0.1) is 10.6 Å². The van der Waals surface area contributed by atoms with Crippen molar-refractivity contribution in [3.63, 3.8) is 0 Å². The Morgan fingerprint density at radius 1 is 1.09 bits per heavy atom. The molecule has 0 spiro atoms. The molecular weight excluding hydrogens is 354 g/mol. The van der Waals surface area contributed by atoms with Crippen LogP contribution in [-0.4, -0.2) is 12.5 Å². The van der Waals surface area contributed by atoms with Crippen LogP contribution in [0.4, 0.5) is 18.9 Å². The largest absolute Gasteiger partial charge is 0.482 e. The highest BCUT2D eigenvalue weighted by atomic mass is 35.5. The van der Waals surface area contributed by atoms with Gasteiger partial charge in [-0.2, -0.15) is 13.2 Å². The maximum absolute atomic E-state index is 12.4. The molecule has 0 radical (unpaired) electrons. The van der Waals surface area contributed by atoms with Crippen molar-refractivity contribution in [3.8, 4) is 5.75 Å². The van der Waals surface area contributed by atoms with Gasteiger partial charge in [0, 0.05) is 10.7 Å². The number of amides is 1. The Labute approximate surface area is 140 Å². The van der Waals surface area contributed by atoms with Crippen molar-refractivity contribution in [3.05, 3.63) is 58.1 Å². The molecule has 23 heavy (non-hydrogen) atoms. The number of rotatable bonds is 4. The third-order valence-electron chi connectivity index (χ3n) is 2.75. The third-order valence-corrected chi connectivity index (χ3v) is 3.28. The number of nitrogens with one attached hydrogen (secondary N) is 1. The molecule has 1 amide bonds. The Kier molecular flexibility index (Phi) is 5.38. The maximum Gasteiger partial charge on any atom is 0.416 e. The summed E-state index contributed by atoms with van der Waals surface area (Å²) in [6.45, 7) is -0.345. The molecule has 0 unspecified atom stereocenters. The molecule has 0 fully saturated rings. The van der Waals surface area contributed by atoms with Crippen molar-refractivity contribution in [2.45, 2.75) is 6.18 Å². The summed E-state index contributed by atoms with van der Waals surface area (Å²) >= 11 is 11.6. The molecule has 2 aromatic rings. The van der Waals surface area contributed by atoms with Gasteiger partial charge in [-0.1, -0.05) is 23.2 Å². The molecule has 8 heteroatoms. The summed E-state index contributed by atoms with van der Waals surface area (Å²) in [5.41, 5.74) is -0.562. The topological polar surface area (TPSA) is 38.3 Å². The van der Waals surface area contributed by atoms with Gasteiger partial charge in [-0.25, -0.2) is 0 Å². The first-order chi connectivity index (χ1) is 10.8. The lowest BCUT2D eigenvalue weighted by molar-refractivity contribution is -0.137. The number of hydrogen-bond donors (Lipinski definition) is 1. The zero-order chi connectivity index (χ0) is 17.0. The Hall–Kier alpha value is -1.92. The van der Waals surface area contributed by atoms with Crippen LogP contribution in [0.25, 0.3) is 0 Å². The van der Waals surface area contributed by atoms with E-state index in [2.05, 4.69) is 5.32 Å². The number of carbonyl (C=O) groups excluding carboxylic acids is 1. The van der Waals surface area contributed by atoms with Crippen LogP contribution in [0.5, 0.6) is 5.75 Å². The molecule has 0 atom stereocenters. The lowest BCUT2D eigenvalue weighted by atomic mass is 10.2. The number of carbonyl (C=O) groups is 1. The van der Waals surface area contributed by atoms with Crippen molar-refractivity contribution < 1.29 is 22.7 Å². The van der Waals surface area contributed by atoms with E-state index in [9.17, 15) is 18.0 Å². The van der Waals surface area contributed by atoms with E-state index in [0.29, 0.717) is 5.02 Å². The van der Waals surface area contributed by atoms with Crippen LogP contribution in [0, 0.1) is 0 Å². The minimum absolute atomic E-state index is 0.230. The van der Waals surface area contributed by atoms with Crippen molar-refractivity contribution in [2.75, 3.05) is 11.9 Å². The molecule has 2 rings (SSSR count). The van der Waals surface area contributed by atoms with E-state index in [4.69, 9.17) is 27.9 Å². The van der Waals surface area contributed by atoms with Crippen LogP contribution in [0.1, 0.15) is 5.56 Å². The van der Waals surface area contributed by atoms with Gasteiger partial charge in [-0.15, -0.1) is 0 Å². The van der Waals surface area contributed by atoms with E-state index in [1.54, 1.807) is 6.07 Å². The lowest BCUT2D eigenvalue weighted by Gasteiger charge is -2.10. The average Bonchev–Trinajstić information content (AvgIpc) is 2.46. The number of alkyl halides is 3. The maximum atomic E-state index is 12.4. The molecule has 0 aliphatic heterocycles. The summed E-state index contributed by atoms with van der Waals surface area (Å²) in [4.78, 5) is 11.7. The third kappa shape index (κ3) is 5.04. The molecule has 0 saturated carbocycles. The minimum Gasteiger partial charge on any atom is -0.482 e. The van der Waals surface area contributed by atoms with Gasteiger partial charge in [0.2, 0.25) is 0 Å². The van der Waals surface area contributed by atoms with Crippen LogP contribution in [0.2, 0.25) is 10.0 Å². The van der Waals surface area contributed by atoms with Crippen LogP contribution in [-0.2, 0) is 11.0 Å². The van der Waals surface area contributed by atoms with Gasteiger partial charge >= 0.3 is 6.18 Å². The Balaban J connectivity index is 1.92. The highest BCUT2D eigenvalue weighted by molar-refractivity contribution is 6.35. The lowest BCUT2D eigenvalue weighted by Crippen LogP contribution is -2.20. The van der Waals surface area contributed by atoms with Crippen molar-refractivity contribution in [1.29, 1.82) is 0 Å². The molecule has 0 aromatic heterocycles. The Morgan fingerprint density at radius 3 is 2.30 bits per heavy atom. The second-order valence-electron chi connectivity index (χ2n) is 4.49. The van der Waals surface area contributed by atoms with E-state index in [1.165, 1.54) is 12.1 Å². The molecule has 0 aliphatic rings. The summed E-state index contributed by atoms with van der Waals surface area (Å²) < 4.78 is 42.5. The SMILES string of the molecule is O=C(COc1ccc(Cl)cc1Cl)Nc1ccc(C(F)(F)F)cc1. The molecule has 0 heterocycles. The van der Waals surface area contributed by atoms with Crippen LogP contribution < -0.4 is 10.1 Å². The minimum atomic E-state index is -4.42. The first-order valence-electron chi connectivity index (χ1n) is 6.30. The predicted octanol–water partition coefficient (Wildman–Crippen LogP) is 5.03. The standard InChI is InChI=1S/C15H10Cl2F3NO2/c16-10-3-6-13(12(17)7-10)23-8-14(22)21-11-4-1-9(2-5-11)15(18,19)20/h1-7H,8H2,(H,21,22). The van der Waals surface area contributed by atoms with E-state index in [1.807, 2.05) is 0 Å². The number of benzene rings is 2. The number of halogens is 5. The molecule has 2 aromatic carbocycles. The highest BCUT2D eigenvalue weighted by Gasteiger charge is 2.29. The van der Waals surface area contributed by atoms with Crippen LogP contribution in [0.3, 0.4) is 0 Å². The van der Waals surface area contributed by atoms with E-state index in [-0.39, 0.29) is 23.1 Å². The molecular formula is C15H10Cl2F3NO2. The summed E-state index contributed by atoms with van der Waals surface area (Å²) in [6.07, 6.45) is -4.42. The number of hydrogen-bond acceptors (Lipinski definition) is 2. The van der Waals surface area contributed by atoms with Gasteiger partial charge in [-0.05, 0) is 42.5 Å². The summed E-state index contributed by atoms with van der Waals surface area (Å²) in [7, 11) is 0. The van der Waals surface area contributed by atoms with Gasteiger partial charge < -0.3 is 10.1 Å². The van der Waals surface area contributed by atoms with E-state index < -0.39 is 17.6 Å². The fourth-order valence-electron chi connectivity index (χ4n) is 1.68. The zero-order valence-corrected chi connectivity index (χ0v) is 13.0. The smallest absolute Gasteiger partial charge is 0.416 e. The normalized spacial score (nSPS) is 11.2. The quantitative estimate of drug-likeness (QED) is 0.827. The second-order valence-corrected chi connectivity index (χ2v) is 5.33.